The van der Waals surface area contributed by atoms with Crippen molar-refractivity contribution >= 4 is 0 Å². The Hall–Kier alpha value is -1.36. The van der Waals surface area contributed by atoms with E-state index in [1.54, 1.807) is 26.0 Å². The van der Waals surface area contributed by atoms with Gasteiger partial charge in [-0.05, 0) is 31.5 Å². The van der Waals surface area contributed by atoms with Crippen molar-refractivity contribution in [3.63, 3.8) is 0 Å². The minimum Gasteiger partial charge on any atom is -0.244 e. The molecule has 0 atom stereocenters. The second-order valence-corrected chi connectivity index (χ2v) is 4.79. The molecule has 1 aromatic carbocycles. The summed E-state index contributed by atoms with van der Waals surface area (Å²) in [6.45, 7) is 6.89. The van der Waals surface area contributed by atoms with Crippen molar-refractivity contribution in [2.45, 2.75) is 38.8 Å². The normalized spacial score (nSPS) is 12.3. The maximum atomic E-state index is 14.0. The Balaban J connectivity index is 3.13. The lowest BCUT2D eigenvalue weighted by atomic mass is 9.73. The molecule has 1 rings (SSSR count). The van der Waals surface area contributed by atoms with Gasteiger partial charge in [0, 0.05) is 5.41 Å². The molecule has 0 radical (unpaired) electrons. The second-order valence-electron chi connectivity index (χ2n) is 4.79. The van der Waals surface area contributed by atoms with E-state index in [0.717, 1.165) is 5.56 Å². The summed E-state index contributed by atoms with van der Waals surface area (Å²) in [5, 5.41) is 8.67. The Kier molecular flexibility index (Phi) is 2.86. The van der Waals surface area contributed by atoms with Gasteiger partial charge < -0.3 is 0 Å². The first kappa shape index (κ1) is 11.7. The highest BCUT2D eigenvalue weighted by atomic mass is 19.1. The average molecular weight is 205 g/mol. The monoisotopic (exact) mass is 205 g/mol. The van der Waals surface area contributed by atoms with Crippen LogP contribution in [-0.2, 0) is 5.41 Å². The van der Waals surface area contributed by atoms with Crippen molar-refractivity contribution in [2.75, 3.05) is 0 Å². The minimum absolute atomic E-state index is 0.555. The molecule has 0 bridgehead atoms. The van der Waals surface area contributed by atoms with E-state index in [-0.39, 0.29) is 0 Å². The molecule has 80 valence electrons. The van der Waals surface area contributed by atoms with Crippen LogP contribution in [0.15, 0.2) is 24.3 Å². The maximum absolute atomic E-state index is 14.0. The number of rotatable bonds is 2. The summed E-state index contributed by atoms with van der Waals surface area (Å²) in [6, 6.07) is 9.14. The number of hydrogen-bond acceptors (Lipinski definition) is 1. The Labute approximate surface area is 90.5 Å². The second kappa shape index (κ2) is 3.66. The van der Waals surface area contributed by atoms with Crippen LogP contribution in [0.25, 0.3) is 0 Å². The van der Waals surface area contributed by atoms with Crippen LogP contribution in [0, 0.1) is 11.3 Å². The van der Waals surface area contributed by atoms with Gasteiger partial charge in [0.1, 0.15) is 5.67 Å². The van der Waals surface area contributed by atoms with E-state index in [1.807, 2.05) is 26.0 Å². The van der Waals surface area contributed by atoms with Crippen molar-refractivity contribution in [1.82, 2.24) is 0 Å². The van der Waals surface area contributed by atoms with Crippen LogP contribution in [0.1, 0.15) is 38.8 Å². The fourth-order valence-electron chi connectivity index (χ4n) is 1.30. The number of nitrogens with zero attached hydrogens (tertiary/aromatic N) is 1. The number of halogens is 1. The quantitative estimate of drug-likeness (QED) is 0.723. The van der Waals surface area contributed by atoms with Crippen LogP contribution >= 0.6 is 0 Å². The van der Waals surface area contributed by atoms with Crippen molar-refractivity contribution in [3.05, 3.63) is 35.4 Å². The molecule has 0 aliphatic rings. The van der Waals surface area contributed by atoms with Crippen molar-refractivity contribution in [1.29, 1.82) is 5.26 Å². The Bertz CT molecular complexity index is 376. The molecule has 0 amide bonds. The molecule has 15 heavy (non-hydrogen) atoms. The van der Waals surface area contributed by atoms with Gasteiger partial charge >= 0.3 is 0 Å². The topological polar surface area (TPSA) is 23.8 Å². The van der Waals surface area contributed by atoms with Crippen LogP contribution in [0.4, 0.5) is 4.39 Å². The van der Waals surface area contributed by atoms with E-state index in [0.29, 0.717) is 5.56 Å². The Morgan fingerprint density at radius 3 is 1.87 bits per heavy atom. The molecule has 1 nitrogen and oxygen atoms in total. The number of benzene rings is 1. The molecule has 0 fully saturated rings. The molecule has 0 aliphatic carbocycles. The van der Waals surface area contributed by atoms with Gasteiger partial charge in [-0.1, -0.05) is 26.0 Å². The fourth-order valence-corrected chi connectivity index (χ4v) is 1.30. The van der Waals surface area contributed by atoms with Gasteiger partial charge in [-0.25, -0.2) is 4.39 Å². The lowest BCUT2D eigenvalue weighted by molar-refractivity contribution is 0.114. The van der Waals surface area contributed by atoms with Crippen LogP contribution in [-0.4, -0.2) is 5.67 Å². The van der Waals surface area contributed by atoms with Gasteiger partial charge in [0.15, 0.2) is 0 Å². The van der Waals surface area contributed by atoms with E-state index in [9.17, 15) is 4.39 Å². The molecule has 0 unspecified atom stereocenters. The summed E-state index contributed by atoms with van der Waals surface area (Å²) in [5.74, 6) is 0. The highest BCUT2D eigenvalue weighted by Crippen LogP contribution is 2.37. The molecule has 2 heteroatoms. The van der Waals surface area contributed by atoms with Crippen molar-refractivity contribution in [3.8, 4) is 6.07 Å². The molecule has 0 N–H and O–H groups in total. The Morgan fingerprint density at radius 1 is 1.07 bits per heavy atom. The zero-order valence-corrected chi connectivity index (χ0v) is 9.63. The molecule has 0 aromatic heterocycles. The summed E-state index contributed by atoms with van der Waals surface area (Å²) in [5.41, 5.74) is -0.331. The summed E-state index contributed by atoms with van der Waals surface area (Å²) < 4.78 is 14.0. The largest absolute Gasteiger partial charge is 0.244 e. The number of alkyl halides is 1. The summed E-state index contributed by atoms with van der Waals surface area (Å²) >= 11 is 0. The third-order valence-corrected chi connectivity index (χ3v) is 3.22. The lowest BCUT2D eigenvalue weighted by Gasteiger charge is -2.35. The van der Waals surface area contributed by atoms with E-state index in [2.05, 4.69) is 6.07 Å². The highest BCUT2D eigenvalue weighted by Gasteiger charge is 2.38. The third kappa shape index (κ3) is 2.18. The zero-order valence-electron chi connectivity index (χ0n) is 9.63. The van der Waals surface area contributed by atoms with Gasteiger partial charge in [-0.15, -0.1) is 0 Å². The van der Waals surface area contributed by atoms with Crippen molar-refractivity contribution < 1.29 is 4.39 Å². The Morgan fingerprint density at radius 2 is 1.53 bits per heavy atom. The molecule has 0 saturated heterocycles. The van der Waals surface area contributed by atoms with Gasteiger partial charge in [0.2, 0.25) is 0 Å². The maximum Gasteiger partial charge on any atom is 0.114 e. The van der Waals surface area contributed by atoms with E-state index < -0.39 is 11.1 Å². The minimum atomic E-state index is -1.29. The summed E-state index contributed by atoms with van der Waals surface area (Å²) in [7, 11) is 0. The molecular weight excluding hydrogens is 189 g/mol. The molecule has 1 aromatic rings. The van der Waals surface area contributed by atoms with Gasteiger partial charge in [-0.3, -0.25) is 0 Å². The highest BCUT2D eigenvalue weighted by molar-refractivity contribution is 5.35. The molecule has 0 heterocycles. The number of nitriles is 1. The van der Waals surface area contributed by atoms with Gasteiger partial charge in [-0.2, -0.15) is 5.26 Å². The lowest BCUT2D eigenvalue weighted by Crippen LogP contribution is -2.38. The van der Waals surface area contributed by atoms with E-state index in [1.165, 1.54) is 0 Å². The zero-order chi connectivity index (χ0) is 11.7. The van der Waals surface area contributed by atoms with Gasteiger partial charge in [0.05, 0.1) is 11.6 Å². The predicted octanol–water partition coefficient (Wildman–Crippen LogP) is 3.58. The van der Waals surface area contributed by atoms with Gasteiger partial charge in [0.25, 0.3) is 0 Å². The average Bonchev–Trinajstić information content (AvgIpc) is 2.16. The molecule has 0 saturated carbocycles. The van der Waals surface area contributed by atoms with Crippen LogP contribution in [0.3, 0.4) is 0 Å². The van der Waals surface area contributed by atoms with Crippen molar-refractivity contribution in [2.24, 2.45) is 0 Å². The smallest absolute Gasteiger partial charge is 0.114 e. The predicted molar refractivity (Wildman–Crippen MR) is 59.4 cm³/mol. The first-order valence-corrected chi connectivity index (χ1v) is 4.98. The number of hydrogen-bond donors (Lipinski definition) is 0. The van der Waals surface area contributed by atoms with E-state index in [4.69, 9.17) is 5.26 Å². The summed E-state index contributed by atoms with van der Waals surface area (Å²) in [6.07, 6.45) is 0. The third-order valence-electron chi connectivity index (χ3n) is 3.22. The SMILES string of the molecule is CC(C)(F)C(C)(C)c1ccc(C#N)cc1. The standard InChI is InChI=1S/C13H16FN/c1-12(2,13(3,4)14)11-7-5-10(9-15)6-8-11/h5-8H,1-4H3. The summed E-state index contributed by atoms with van der Waals surface area (Å²) in [4.78, 5) is 0. The molecular formula is C13H16FN. The fraction of sp³-hybridized carbons (Fsp3) is 0.462. The molecule has 0 aliphatic heterocycles. The van der Waals surface area contributed by atoms with Crippen LogP contribution in [0.5, 0.6) is 0 Å². The van der Waals surface area contributed by atoms with Crippen LogP contribution < -0.4 is 0 Å². The first-order valence-electron chi connectivity index (χ1n) is 4.98. The molecule has 0 spiro atoms. The van der Waals surface area contributed by atoms with Crippen LogP contribution in [0.2, 0.25) is 0 Å². The van der Waals surface area contributed by atoms with E-state index >= 15 is 0 Å². The first-order chi connectivity index (χ1) is 6.79.